The third-order valence-electron chi connectivity index (χ3n) is 4.33. The maximum absolute atomic E-state index is 12.3. The van der Waals surface area contributed by atoms with Crippen LogP contribution in [0.4, 0.5) is 4.79 Å². The third-order valence-corrected chi connectivity index (χ3v) is 5.96. The maximum Gasteiger partial charge on any atom is 0.410 e. The van der Waals surface area contributed by atoms with Gasteiger partial charge in [0.2, 0.25) is 0 Å². The van der Waals surface area contributed by atoms with Gasteiger partial charge in [0.05, 0.1) is 11.5 Å². The number of amides is 1. The summed E-state index contributed by atoms with van der Waals surface area (Å²) in [6.07, 6.45) is 2.06. The minimum atomic E-state index is -3.09. The van der Waals surface area contributed by atoms with E-state index >= 15 is 0 Å². The van der Waals surface area contributed by atoms with E-state index in [9.17, 15) is 13.2 Å². The lowest BCUT2D eigenvalue weighted by Gasteiger charge is -2.33. The van der Waals surface area contributed by atoms with Crippen molar-refractivity contribution in [3.05, 3.63) is 35.9 Å². The van der Waals surface area contributed by atoms with Gasteiger partial charge in [0.25, 0.3) is 0 Å². The number of nitrogens with zero attached hydrogens (tertiary/aromatic N) is 1. The van der Waals surface area contributed by atoms with Gasteiger partial charge in [-0.1, -0.05) is 30.3 Å². The largest absolute Gasteiger partial charge is 0.444 e. The smallest absolute Gasteiger partial charge is 0.410 e. The average Bonchev–Trinajstić information content (AvgIpc) is 2.52. The Morgan fingerprint density at radius 2 is 1.76 bits per heavy atom. The van der Waals surface area contributed by atoms with E-state index in [4.69, 9.17) is 4.74 Å². The molecule has 0 unspecified atom stereocenters. The summed E-state index contributed by atoms with van der Waals surface area (Å²) >= 11 is 0. The molecule has 0 bridgehead atoms. The highest BCUT2D eigenvalue weighted by Crippen LogP contribution is 2.23. The van der Waals surface area contributed by atoms with E-state index in [0.29, 0.717) is 25.4 Å². The van der Waals surface area contributed by atoms with Crippen molar-refractivity contribution < 1.29 is 17.9 Å². The number of sulfone groups is 1. The van der Waals surface area contributed by atoms with Crippen molar-refractivity contribution in [2.45, 2.75) is 51.4 Å². The highest BCUT2D eigenvalue weighted by molar-refractivity contribution is 7.90. The molecule has 1 saturated heterocycles. The number of likely N-dealkylation sites (tertiary alicyclic amines) is 1. The van der Waals surface area contributed by atoms with Crippen LogP contribution in [-0.4, -0.2) is 43.9 Å². The summed E-state index contributed by atoms with van der Waals surface area (Å²) in [4.78, 5) is 13.8. The van der Waals surface area contributed by atoms with E-state index in [1.807, 2.05) is 51.1 Å². The van der Waals surface area contributed by atoms with Gasteiger partial charge in [0, 0.05) is 13.1 Å². The molecule has 1 aromatic carbocycles. The van der Waals surface area contributed by atoms with Gasteiger partial charge in [-0.3, -0.25) is 0 Å². The molecule has 25 heavy (non-hydrogen) atoms. The Morgan fingerprint density at radius 1 is 1.16 bits per heavy atom. The Bertz CT molecular complexity index is 656. The van der Waals surface area contributed by atoms with Crippen LogP contribution < -0.4 is 0 Å². The first-order valence-electron chi connectivity index (χ1n) is 8.87. The minimum Gasteiger partial charge on any atom is -0.444 e. The van der Waals surface area contributed by atoms with Gasteiger partial charge in [0.1, 0.15) is 5.60 Å². The molecular formula is C19H29NO4S. The van der Waals surface area contributed by atoms with Gasteiger partial charge in [0.15, 0.2) is 9.84 Å². The predicted molar refractivity (Wildman–Crippen MR) is 99.1 cm³/mol. The molecule has 0 aromatic heterocycles. The summed E-state index contributed by atoms with van der Waals surface area (Å²) in [5.41, 5.74) is 0.349. The Balaban J connectivity index is 1.76. The van der Waals surface area contributed by atoms with Crippen LogP contribution in [0.3, 0.4) is 0 Å². The van der Waals surface area contributed by atoms with Crippen LogP contribution in [0.1, 0.15) is 45.6 Å². The fraction of sp³-hybridized carbons (Fsp3) is 0.632. The van der Waals surface area contributed by atoms with Gasteiger partial charge < -0.3 is 9.64 Å². The van der Waals surface area contributed by atoms with Crippen LogP contribution in [-0.2, 0) is 20.3 Å². The fourth-order valence-electron chi connectivity index (χ4n) is 2.98. The molecule has 0 N–H and O–H groups in total. The molecule has 0 spiro atoms. The second-order valence-corrected chi connectivity index (χ2v) is 9.96. The highest BCUT2D eigenvalue weighted by atomic mass is 32.2. The number of carbonyl (C=O) groups is 1. The normalized spacial score (nSPS) is 16.7. The van der Waals surface area contributed by atoms with Gasteiger partial charge in [-0.15, -0.1) is 0 Å². The van der Waals surface area contributed by atoms with Gasteiger partial charge >= 0.3 is 6.09 Å². The van der Waals surface area contributed by atoms with Crippen LogP contribution in [0, 0.1) is 5.92 Å². The van der Waals surface area contributed by atoms with Crippen molar-refractivity contribution >= 4 is 15.9 Å². The third kappa shape index (κ3) is 7.06. The lowest BCUT2D eigenvalue weighted by molar-refractivity contribution is 0.0183. The second-order valence-electron chi connectivity index (χ2n) is 7.78. The summed E-state index contributed by atoms with van der Waals surface area (Å²) in [6, 6.07) is 9.29. The highest BCUT2D eigenvalue weighted by Gasteiger charge is 2.27. The lowest BCUT2D eigenvalue weighted by atomic mass is 9.95. The summed E-state index contributed by atoms with van der Waals surface area (Å²) in [5.74, 6) is 0.660. The Labute approximate surface area is 151 Å². The monoisotopic (exact) mass is 367 g/mol. The van der Waals surface area contributed by atoms with E-state index in [-0.39, 0.29) is 17.6 Å². The quantitative estimate of drug-likeness (QED) is 0.797. The van der Waals surface area contributed by atoms with Gasteiger partial charge in [-0.25, -0.2) is 13.2 Å². The molecule has 0 saturated carbocycles. The summed E-state index contributed by atoms with van der Waals surface area (Å²) in [5, 5.41) is 0. The first-order chi connectivity index (χ1) is 11.6. The molecule has 0 aliphatic carbocycles. The molecule has 5 nitrogen and oxygen atoms in total. The second kappa shape index (κ2) is 8.21. The SMILES string of the molecule is CC(C)(C)OC(=O)N1CCC(CCS(=O)(=O)Cc2ccccc2)CC1. The predicted octanol–water partition coefficient (Wildman–Crippen LogP) is 3.64. The molecule has 0 atom stereocenters. The summed E-state index contributed by atoms with van der Waals surface area (Å²) in [6.45, 7) is 6.84. The van der Waals surface area contributed by atoms with Crippen molar-refractivity contribution in [3.8, 4) is 0 Å². The van der Waals surface area contributed by atoms with E-state index in [1.54, 1.807) is 4.90 Å². The van der Waals surface area contributed by atoms with Crippen LogP contribution in [0.25, 0.3) is 0 Å². The zero-order valence-electron chi connectivity index (χ0n) is 15.4. The molecule has 1 aliphatic rings. The number of rotatable bonds is 5. The number of piperidine rings is 1. The molecule has 1 amide bonds. The Kier molecular flexibility index (Phi) is 6.49. The average molecular weight is 368 g/mol. The number of carbonyl (C=O) groups excluding carboxylic acids is 1. The van der Waals surface area contributed by atoms with E-state index in [2.05, 4.69) is 0 Å². The molecule has 1 fully saturated rings. The topological polar surface area (TPSA) is 63.7 Å². The van der Waals surface area contributed by atoms with Crippen molar-refractivity contribution in [1.29, 1.82) is 0 Å². The van der Waals surface area contributed by atoms with Crippen LogP contribution >= 0.6 is 0 Å². The molecule has 140 valence electrons. The first-order valence-corrected chi connectivity index (χ1v) is 10.7. The van der Waals surface area contributed by atoms with Gasteiger partial charge in [-0.05, 0) is 51.5 Å². The number of hydrogen-bond acceptors (Lipinski definition) is 4. The van der Waals surface area contributed by atoms with Crippen molar-refractivity contribution in [2.24, 2.45) is 5.92 Å². The van der Waals surface area contributed by atoms with E-state index < -0.39 is 15.4 Å². The Hall–Kier alpha value is -1.56. The van der Waals surface area contributed by atoms with E-state index in [0.717, 1.165) is 18.4 Å². The number of ether oxygens (including phenoxy) is 1. The van der Waals surface area contributed by atoms with Crippen molar-refractivity contribution in [3.63, 3.8) is 0 Å². The first kappa shape index (κ1) is 19.8. The zero-order valence-corrected chi connectivity index (χ0v) is 16.2. The zero-order chi connectivity index (χ0) is 18.5. The molecule has 1 heterocycles. The minimum absolute atomic E-state index is 0.102. The molecule has 1 aliphatic heterocycles. The van der Waals surface area contributed by atoms with Crippen LogP contribution in [0.15, 0.2) is 30.3 Å². The molecule has 2 rings (SSSR count). The van der Waals surface area contributed by atoms with Crippen LogP contribution in [0.2, 0.25) is 0 Å². The van der Waals surface area contributed by atoms with Crippen molar-refractivity contribution in [2.75, 3.05) is 18.8 Å². The molecule has 6 heteroatoms. The van der Waals surface area contributed by atoms with Crippen LogP contribution in [0.5, 0.6) is 0 Å². The summed E-state index contributed by atoms with van der Waals surface area (Å²) < 4.78 is 30.0. The number of hydrogen-bond donors (Lipinski definition) is 0. The maximum atomic E-state index is 12.3. The Morgan fingerprint density at radius 3 is 2.32 bits per heavy atom. The standard InChI is InChI=1S/C19H29NO4S/c1-19(2,3)24-18(21)20-12-9-16(10-13-20)11-14-25(22,23)15-17-7-5-4-6-8-17/h4-8,16H,9-15H2,1-3H3. The van der Waals surface area contributed by atoms with Gasteiger partial charge in [-0.2, -0.15) is 0 Å². The number of benzene rings is 1. The fourth-order valence-corrected chi connectivity index (χ4v) is 4.51. The lowest BCUT2D eigenvalue weighted by Crippen LogP contribution is -2.41. The molecule has 0 radical (unpaired) electrons. The van der Waals surface area contributed by atoms with Crippen molar-refractivity contribution in [1.82, 2.24) is 4.90 Å². The van der Waals surface area contributed by atoms with E-state index in [1.165, 1.54) is 0 Å². The molecular weight excluding hydrogens is 338 g/mol. The molecule has 1 aromatic rings. The summed E-state index contributed by atoms with van der Waals surface area (Å²) in [7, 11) is -3.09.